The third kappa shape index (κ3) is 3.80. The van der Waals surface area contributed by atoms with Gasteiger partial charge in [0.2, 0.25) is 5.95 Å². The van der Waals surface area contributed by atoms with Crippen LogP contribution in [0.2, 0.25) is 0 Å². The molecule has 0 spiro atoms. The second-order valence-corrected chi connectivity index (χ2v) is 13.4. The lowest BCUT2D eigenvalue weighted by Gasteiger charge is -2.11. The lowest BCUT2D eigenvalue weighted by molar-refractivity contribution is 0.954. The lowest BCUT2D eigenvalue weighted by Crippen LogP contribution is -2.06. The standard InChI is InChI=1S/C39H22N4S2/c1-5-13-31-25(9-1)26-10-2-6-14-32(26)43(31)39-41-37(23-17-19-35-29(21-23)27-11-3-7-15-33(27)44-35)40-38(42-39)24-18-20-36-30(22-24)28-12-4-8-16-34(28)45-36/h1-22H. The van der Waals surface area contributed by atoms with Crippen LogP contribution in [0.4, 0.5) is 0 Å². The smallest absolute Gasteiger partial charge is 0.238 e. The molecule has 0 saturated heterocycles. The van der Waals surface area contributed by atoms with Crippen molar-refractivity contribution >= 4 is 84.8 Å². The summed E-state index contributed by atoms with van der Waals surface area (Å²) in [5.41, 5.74) is 4.08. The van der Waals surface area contributed by atoms with Crippen LogP contribution in [0.5, 0.6) is 0 Å². The van der Waals surface area contributed by atoms with Gasteiger partial charge in [-0.1, -0.05) is 72.8 Å². The largest absolute Gasteiger partial charge is 0.278 e. The number of hydrogen-bond donors (Lipinski definition) is 0. The Morgan fingerprint density at radius 3 is 1.31 bits per heavy atom. The van der Waals surface area contributed by atoms with E-state index in [2.05, 4.69) is 138 Å². The van der Waals surface area contributed by atoms with E-state index in [0.29, 0.717) is 17.6 Å². The Morgan fingerprint density at radius 2 is 0.800 bits per heavy atom. The highest BCUT2D eigenvalue weighted by Gasteiger charge is 2.19. The van der Waals surface area contributed by atoms with Crippen LogP contribution < -0.4 is 0 Å². The monoisotopic (exact) mass is 610 g/mol. The molecule has 0 N–H and O–H groups in total. The molecule has 0 radical (unpaired) electrons. The predicted octanol–water partition coefficient (Wildman–Crippen LogP) is 11.0. The van der Waals surface area contributed by atoms with E-state index in [1.165, 1.54) is 51.1 Å². The molecule has 0 atom stereocenters. The number of benzene rings is 6. The molecule has 210 valence electrons. The van der Waals surface area contributed by atoms with Crippen LogP contribution in [0, 0.1) is 0 Å². The minimum atomic E-state index is 0.609. The summed E-state index contributed by atoms with van der Waals surface area (Å²) < 4.78 is 7.25. The van der Waals surface area contributed by atoms with Gasteiger partial charge >= 0.3 is 0 Å². The van der Waals surface area contributed by atoms with E-state index in [0.717, 1.165) is 22.2 Å². The zero-order chi connectivity index (χ0) is 29.5. The normalized spacial score (nSPS) is 12.0. The summed E-state index contributed by atoms with van der Waals surface area (Å²) in [5, 5.41) is 7.30. The van der Waals surface area contributed by atoms with E-state index in [-0.39, 0.29) is 0 Å². The molecule has 0 aliphatic heterocycles. The highest BCUT2D eigenvalue weighted by molar-refractivity contribution is 7.26. The fourth-order valence-electron chi connectivity index (χ4n) is 6.59. The highest BCUT2D eigenvalue weighted by Crippen LogP contribution is 2.38. The van der Waals surface area contributed by atoms with E-state index in [9.17, 15) is 0 Å². The van der Waals surface area contributed by atoms with Gasteiger partial charge in [0, 0.05) is 62.2 Å². The lowest BCUT2D eigenvalue weighted by atomic mass is 10.1. The van der Waals surface area contributed by atoms with Crippen LogP contribution in [0.1, 0.15) is 0 Å². The van der Waals surface area contributed by atoms with Crippen molar-refractivity contribution in [3.05, 3.63) is 133 Å². The summed E-state index contributed by atoms with van der Waals surface area (Å²) in [6, 6.07) is 47.3. The second-order valence-electron chi connectivity index (χ2n) is 11.3. The van der Waals surface area contributed by atoms with Gasteiger partial charge in [-0.2, -0.15) is 9.97 Å². The molecule has 0 bridgehead atoms. The summed E-state index contributed by atoms with van der Waals surface area (Å²) in [7, 11) is 0. The molecule has 6 aromatic carbocycles. The fourth-order valence-corrected chi connectivity index (χ4v) is 8.76. The van der Waals surface area contributed by atoms with Crippen molar-refractivity contribution in [1.82, 2.24) is 19.5 Å². The number of aromatic nitrogens is 4. The maximum Gasteiger partial charge on any atom is 0.238 e. The molecule has 0 aliphatic carbocycles. The third-order valence-corrected chi connectivity index (χ3v) is 11.0. The van der Waals surface area contributed by atoms with E-state index in [4.69, 9.17) is 15.0 Å². The van der Waals surface area contributed by atoms with Crippen LogP contribution in [0.3, 0.4) is 0 Å². The number of thiophene rings is 2. The first-order chi connectivity index (χ1) is 22.3. The summed E-state index contributed by atoms with van der Waals surface area (Å²) in [6.45, 7) is 0. The molecule has 45 heavy (non-hydrogen) atoms. The van der Waals surface area contributed by atoms with Crippen LogP contribution >= 0.6 is 22.7 Å². The van der Waals surface area contributed by atoms with Gasteiger partial charge < -0.3 is 0 Å². The van der Waals surface area contributed by atoms with Crippen LogP contribution in [0.25, 0.3) is 90.9 Å². The van der Waals surface area contributed by atoms with Crippen LogP contribution in [0.15, 0.2) is 133 Å². The molecule has 0 amide bonds. The van der Waals surface area contributed by atoms with Crippen molar-refractivity contribution in [1.29, 1.82) is 0 Å². The third-order valence-electron chi connectivity index (χ3n) is 8.67. The van der Waals surface area contributed by atoms with Crippen LogP contribution in [-0.2, 0) is 0 Å². The van der Waals surface area contributed by atoms with Gasteiger partial charge in [-0.05, 0) is 60.7 Å². The predicted molar refractivity (Wildman–Crippen MR) is 191 cm³/mol. The first-order valence-corrected chi connectivity index (χ1v) is 16.5. The summed E-state index contributed by atoms with van der Waals surface area (Å²) in [5.74, 6) is 1.92. The topological polar surface area (TPSA) is 43.6 Å². The summed E-state index contributed by atoms with van der Waals surface area (Å²) in [6.07, 6.45) is 0. The highest BCUT2D eigenvalue weighted by atomic mass is 32.1. The molecule has 4 heterocycles. The van der Waals surface area contributed by atoms with Crippen molar-refractivity contribution in [3.63, 3.8) is 0 Å². The van der Waals surface area contributed by atoms with Crippen molar-refractivity contribution in [2.75, 3.05) is 0 Å². The number of para-hydroxylation sites is 2. The SMILES string of the molecule is c1ccc2c(c1)sc1ccc(-c3nc(-c4ccc5sc6ccccc6c5c4)nc(-n4c5ccccc5c5ccccc54)n3)cc12. The molecule has 0 saturated carbocycles. The summed E-state index contributed by atoms with van der Waals surface area (Å²) in [4.78, 5) is 15.5. The van der Waals surface area contributed by atoms with Crippen molar-refractivity contribution < 1.29 is 0 Å². The second kappa shape index (κ2) is 9.53. The van der Waals surface area contributed by atoms with Crippen molar-refractivity contribution in [2.24, 2.45) is 0 Å². The molecular weight excluding hydrogens is 589 g/mol. The molecule has 6 heteroatoms. The molecular formula is C39H22N4S2. The minimum absolute atomic E-state index is 0.609. The Kier molecular flexibility index (Phi) is 5.29. The Hall–Kier alpha value is -5.43. The number of nitrogens with zero attached hydrogens (tertiary/aromatic N) is 4. The van der Waals surface area contributed by atoms with Gasteiger partial charge in [0.1, 0.15) is 0 Å². The van der Waals surface area contributed by atoms with Crippen LogP contribution in [-0.4, -0.2) is 19.5 Å². The summed E-state index contributed by atoms with van der Waals surface area (Å²) >= 11 is 3.63. The van der Waals surface area contributed by atoms with Gasteiger partial charge in [-0.15, -0.1) is 22.7 Å². The average molecular weight is 611 g/mol. The fraction of sp³-hybridized carbons (Fsp3) is 0. The maximum atomic E-state index is 5.19. The number of rotatable bonds is 3. The Balaban J connectivity index is 1.26. The quantitative estimate of drug-likeness (QED) is 0.200. The Morgan fingerprint density at radius 1 is 0.378 bits per heavy atom. The zero-order valence-electron chi connectivity index (χ0n) is 23.8. The van der Waals surface area contributed by atoms with Gasteiger partial charge in [0.05, 0.1) is 11.0 Å². The first-order valence-electron chi connectivity index (χ1n) is 14.9. The van der Waals surface area contributed by atoms with Gasteiger partial charge in [0.15, 0.2) is 11.6 Å². The Bertz CT molecular complexity index is 2600. The average Bonchev–Trinajstić information content (AvgIpc) is 3.77. The van der Waals surface area contributed by atoms with E-state index < -0.39 is 0 Å². The molecule has 0 aliphatic rings. The van der Waals surface area contributed by atoms with Gasteiger partial charge in [-0.25, -0.2) is 4.98 Å². The van der Waals surface area contributed by atoms with E-state index in [1.54, 1.807) is 0 Å². The first kappa shape index (κ1) is 25.0. The number of hydrogen-bond acceptors (Lipinski definition) is 5. The van der Waals surface area contributed by atoms with Gasteiger partial charge in [0.25, 0.3) is 0 Å². The molecule has 0 fully saturated rings. The molecule has 4 aromatic heterocycles. The number of fused-ring (bicyclic) bond motifs is 9. The maximum absolute atomic E-state index is 5.19. The molecule has 0 unspecified atom stereocenters. The molecule has 10 aromatic rings. The van der Waals surface area contributed by atoms with E-state index in [1.807, 2.05) is 22.7 Å². The zero-order valence-corrected chi connectivity index (χ0v) is 25.4. The van der Waals surface area contributed by atoms with Crippen molar-refractivity contribution in [2.45, 2.75) is 0 Å². The van der Waals surface area contributed by atoms with Crippen molar-refractivity contribution in [3.8, 4) is 28.7 Å². The van der Waals surface area contributed by atoms with Gasteiger partial charge in [-0.3, -0.25) is 4.57 Å². The molecule has 10 rings (SSSR count). The molecule has 4 nitrogen and oxygen atoms in total. The Labute approximate surface area is 265 Å². The van der Waals surface area contributed by atoms with E-state index >= 15 is 0 Å². The minimum Gasteiger partial charge on any atom is -0.278 e.